The van der Waals surface area contributed by atoms with Crippen molar-refractivity contribution in [3.8, 4) is 0 Å². The molecule has 0 atom stereocenters. The van der Waals surface area contributed by atoms with Gasteiger partial charge in [0.25, 0.3) is 11.8 Å². The summed E-state index contributed by atoms with van der Waals surface area (Å²) in [5, 5.41) is 0. The zero-order valence-electron chi connectivity index (χ0n) is 14.3. The number of amides is 2. The summed E-state index contributed by atoms with van der Waals surface area (Å²) >= 11 is 3.38. The number of nitrogens with zero attached hydrogens (tertiary/aromatic N) is 1. The van der Waals surface area contributed by atoms with Crippen LogP contribution in [0.1, 0.15) is 71.4 Å². The van der Waals surface area contributed by atoms with Gasteiger partial charge in [-0.25, -0.2) is 4.90 Å². The van der Waals surface area contributed by atoms with Crippen LogP contribution in [0.15, 0.2) is 40.9 Å². The maximum Gasteiger partial charge on any atom is 0.266 e. The van der Waals surface area contributed by atoms with E-state index in [9.17, 15) is 9.59 Å². The summed E-state index contributed by atoms with van der Waals surface area (Å²) in [6.45, 7) is 8.32. The van der Waals surface area contributed by atoms with Crippen LogP contribution >= 0.6 is 15.9 Å². The van der Waals surface area contributed by atoms with Crippen LogP contribution in [0.25, 0.3) is 0 Å². The minimum atomic E-state index is -0.244. The Hall–Kier alpha value is -1.94. The van der Waals surface area contributed by atoms with Crippen molar-refractivity contribution >= 4 is 33.4 Å². The molecule has 0 saturated carbocycles. The first-order chi connectivity index (χ1) is 11.3. The van der Waals surface area contributed by atoms with E-state index in [1.54, 1.807) is 18.2 Å². The van der Waals surface area contributed by atoms with Gasteiger partial charge in [0, 0.05) is 4.47 Å². The van der Waals surface area contributed by atoms with Crippen molar-refractivity contribution in [1.29, 1.82) is 0 Å². The Morgan fingerprint density at radius 2 is 1.38 bits per heavy atom. The highest BCUT2D eigenvalue weighted by Crippen LogP contribution is 2.39. The normalized spacial score (nSPS) is 14.0. The second kappa shape index (κ2) is 6.17. The van der Waals surface area contributed by atoms with E-state index in [1.807, 2.05) is 18.2 Å². The van der Waals surface area contributed by atoms with Gasteiger partial charge in [0.2, 0.25) is 0 Å². The topological polar surface area (TPSA) is 37.4 Å². The predicted octanol–water partition coefficient (Wildman–Crippen LogP) is 5.50. The van der Waals surface area contributed by atoms with Gasteiger partial charge in [-0.15, -0.1) is 0 Å². The molecule has 1 aliphatic heterocycles. The van der Waals surface area contributed by atoms with Crippen LogP contribution in [-0.4, -0.2) is 11.8 Å². The molecule has 124 valence electrons. The van der Waals surface area contributed by atoms with Crippen LogP contribution in [0.4, 0.5) is 5.69 Å². The second-order valence-corrected chi connectivity index (χ2v) is 7.65. The maximum atomic E-state index is 13.0. The molecule has 0 radical (unpaired) electrons. The highest BCUT2D eigenvalue weighted by atomic mass is 79.9. The van der Waals surface area contributed by atoms with Gasteiger partial charge < -0.3 is 0 Å². The number of carbonyl (C=O) groups is 2. The summed E-state index contributed by atoms with van der Waals surface area (Å²) < 4.78 is 0.797. The summed E-state index contributed by atoms with van der Waals surface area (Å²) in [4.78, 5) is 27.3. The Morgan fingerprint density at radius 1 is 0.833 bits per heavy atom. The van der Waals surface area contributed by atoms with Crippen molar-refractivity contribution in [2.45, 2.75) is 39.5 Å². The van der Waals surface area contributed by atoms with Crippen LogP contribution < -0.4 is 4.90 Å². The highest BCUT2D eigenvalue weighted by Gasteiger charge is 2.39. The molecule has 3 nitrogen and oxygen atoms in total. The number of fused-ring (bicyclic) bond motifs is 1. The zero-order chi connectivity index (χ0) is 17.6. The molecule has 0 bridgehead atoms. The van der Waals surface area contributed by atoms with Gasteiger partial charge in [0.15, 0.2) is 0 Å². The standard InChI is InChI=1S/C20H20BrNO2/c1-11(2)14-6-5-7-15(12(3)4)18(14)22-19(23)16-9-8-13(21)10-17(16)20(22)24/h5-12H,1-4H3. The van der Waals surface area contributed by atoms with Crippen molar-refractivity contribution in [1.82, 2.24) is 0 Å². The lowest BCUT2D eigenvalue weighted by Crippen LogP contribution is -2.31. The van der Waals surface area contributed by atoms with Gasteiger partial charge in [0.1, 0.15) is 0 Å². The molecule has 3 rings (SSSR count). The van der Waals surface area contributed by atoms with Crippen LogP contribution in [0, 0.1) is 0 Å². The number of para-hydroxylation sites is 1. The number of rotatable bonds is 3. The molecular formula is C20H20BrNO2. The molecule has 0 unspecified atom stereocenters. The first kappa shape index (κ1) is 16.9. The number of halogens is 1. The largest absolute Gasteiger partial charge is 0.268 e. The molecule has 2 aromatic rings. The van der Waals surface area contributed by atoms with Crippen molar-refractivity contribution in [3.05, 3.63) is 63.1 Å². The first-order valence-corrected chi connectivity index (χ1v) is 8.93. The lowest BCUT2D eigenvalue weighted by molar-refractivity contribution is 0.0925. The minimum Gasteiger partial charge on any atom is -0.268 e. The van der Waals surface area contributed by atoms with Crippen LogP contribution in [0.3, 0.4) is 0 Å². The SMILES string of the molecule is CC(C)c1cccc(C(C)C)c1N1C(=O)c2ccc(Br)cc2C1=O. The lowest BCUT2D eigenvalue weighted by atomic mass is 9.92. The summed E-state index contributed by atoms with van der Waals surface area (Å²) in [5.41, 5.74) is 3.73. The molecule has 0 saturated heterocycles. The van der Waals surface area contributed by atoms with Crippen molar-refractivity contribution < 1.29 is 9.59 Å². The highest BCUT2D eigenvalue weighted by molar-refractivity contribution is 9.10. The average molecular weight is 386 g/mol. The quantitative estimate of drug-likeness (QED) is 0.654. The van der Waals surface area contributed by atoms with Crippen molar-refractivity contribution in [2.24, 2.45) is 0 Å². The molecular weight excluding hydrogens is 366 g/mol. The molecule has 2 aromatic carbocycles. The Kier molecular flexibility index (Phi) is 4.35. The Labute approximate surface area is 150 Å². The van der Waals surface area contributed by atoms with E-state index in [0.717, 1.165) is 21.3 Å². The fourth-order valence-electron chi connectivity index (χ4n) is 3.19. The molecule has 1 aliphatic rings. The van der Waals surface area contributed by atoms with Crippen LogP contribution in [-0.2, 0) is 0 Å². The molecule has 2 amide bonds. The number of benzene rings is 2. The predicted molar refractivity (Wildman–Crippen MR) is 99.9 cm³/mol. The first-order valence-electron chi connectivity index (χ1n) is 8.14. The zero-order valence-corrected chi connectivity index (χ0v) is 15.8. The number of hydrogen-bond acceptors (Lipinski definition) is 2. The van der Waals surface area contributed by atoms with Gasteiger partial charge in [-0.2, -0.15) is 0 Å². The van der Waals surface area contributed by atoms with Crippen molar-refractivity contribution in [3.63, 3.8) is 0 Å². The fourth-order valence-corrected chi connectivity index (χ4v) is 3.55. The lowest BCUT2D eigenvalue weighted by Gasteiger charge is -2.25. The molecule has 0 N–H and O–H groups in total. The number of anilines is 1. The van der Waals surface area contributed by atoms with E-state index >= 15 is 0 Å². The third-order valence-corrected chi connectivity index (χ3v) is 4.91. The second-order valence-electron chi connectivity index (χ2n) is 6.73. The molecule has 0 aliphatic carbocycles. The number of hydrogen-bond donors (Lipinski definition) is 0. The van der Waals surface area contributed by atoms with E-state index < -0.39 is 0 Å². The summed E-state index contributed by atoms with van der Waals surface area (Å²) in [6.07, 6.45) is 0. The van der Waals surface area contributed by atoms with Gasteiger partial charge in [0.05, 0.1) is 16.8 Å². The maximum absolute atomic E-state index is 13.0. The average Bonchev–Trinajstić information content (AvgIpc) is 2.77. The van der Waals surface area contributed by atoms with E-state index in [2.05, 4.69) is 43.6 Å². The summed E-state index contributed by atoms with van der Waals surface area (Å²) in [7, 11) is 0. The van der Waals surface area contributed by atoms with Gasteiger partial charge in [-0.1, -0.05) is 61.8 Å². The molecule has 0 aromatic heterocycles. The molecule has 4 heteroatoms. The Morgan fingerprint density at radius 3 is 1.92 bits per heavy atom. The fraction of sp³-hybridized carbons (Fsp3) is 0.300. The van der Waals surface area contributed by atoms with Crippen LogP contribution in [0.5, 0.6) is 0 Å². The molecule has 0 fully saturated rings. The molecule has 24 heavy (non-hydrogen) atoms. The minimum absolute atomic E-state index is 0.217. The summed E-state index contributed by atoms with van der Waals surface area (Å²) in [5.74, 6) is -0.0479. The van der Waals surface area contributed by atoms with Gasteiger partial charge >= 0.3 is 0 Å². The van der Waals surface area contributed by atoms with Gasteiger partial charge in [-0.3, -0.25) is 9.59 Å². The molecule has 1 heterocycles. The number of imide groups is 1. The van der Waals surface area contributed by atoms with E-state index in [-0.39, 0.29) is 23.7 Å². The monoisotopic (exact) mass is 385 g/mol. The Balaban J connectivity index is 2.24. The third-order valence-electron chi connectivity index (χ3n) is 4.41. The van der Waals surface area contributed by atoms with Gasteiger partial charge in [-0.05, 0) is 41.2 Å². The van der Waals surface area contributed by atoms with Crippen LogP contribution in [0.2, 0.25) is 0 Å². The molecule has 0 spiro atoms. The Bertz CT molecular complexity index is 813. The van der Waals surface area contributed by atoms with E-state index in [4.69, 9.17) is 0 Å². The summed E-state index contributed by atoms with van der Waals surface area (Å²) in [6, 6.07) is 11.3. The van der Waals surface area contributed by atoms with E-state index in [0.29, 0.717) is 11.1 Å². The third kappa shape index (κ3) is 2.59. The smallest absolute Gasteiger partial charge is 0.266 e. The van der Waals surface area contributed by atoms with Crippen molar-refractivity contribution in [2.75, 3.05) is 4.90 Å². The number of carbonyl (C=O) groups excluding carboxylic acids is 2. The van der Waals surface area contributed by atoms with E-state index in [1.165, 1.54) is 4.90 Å².